The van der Waals surface area contributed by atoms with Crippen LogP contribution >= 0.6 is 0 Å². The fourth-order valence-electron chi connectivity index (χ4n) is 4.24. The van der Waals surface area contributed by atoms with E-state index in [-0.39, 0.29) is 22.5 Å². The monoisotopic (exact) mass is 433 g/mol. The molecule has 1 aliphatic heterocycles. The minimum Gasteiger partial charge on any atom is -0.361 e. The molecule has 8 bridgehead atoms. The van der Waals surface area contributed by atoms with E-state index in [1.807, 2.05) is 52.0 Å². The van der Waals surface area contributed by atoms with Crippen LogP contribution in [-0.2, 0) is 10.8 Å². The summed E-state index contributed by atoms with van der Waals surface area (Å²) in [6.45, 7) is 8.05. The summed E-state index contributed by atoms with van der Waals surface area (Å²) < 4.78 is 44.4. The number of aromatic amines is 1. The lowest BCUT2D eigenvalue weighted by molar-refractivity contribution is 0.450. The van der Waals surface area contributed by atoms with Gasteiger partial charge in [0.05, 0.1) is 22.8 Å². The van der Waals surface area contributed by atoms with Gasteiger partial charge in [-0.3, -0.25) is 9.97 Å². The molecule has 1 aliphatic rings. The Kier molecular flexibility index (Phi) is 4.35. The van der Waals surface area contributed by atoms with E-state index in [9.17, 15) is 13.2 Å². The Labute approximate surface area is 184 Å². The van der Waals surface area contributed by atoms with Gasteiger partial charge in [0.1, 0.15) is 0 Å². The van der Waals surface area contributed by atoms with Gasteiger partial charge in [0.15, 0.2) is 17.5 Å². The van der Waals surface area contributed by atoms with E-state index in [1.54, 1.807) is 24.3 Å². The molecule has 32 heavy (non-hydrogen) atoms. The molecule has 0 aliphatic carbocycles. The number of hydrogen-bond donors (Lipinski definition) is 1. The molecule has 3 aromatic heterocycles. The number of rotatable bonds is 0. The molecule has 6 heteroatoms. The van der Waals surface area contributed by atoms with Crippen molar-refractivity contribution in [1.29, 1.82) is 0 Å². The second-order valence-electron chi connectivity index (χ2n) is 9.27. The van der Waals surface area contributed by atoms with Crippen molar-refractivity contribution >= 4 is 0 Å². The molecule has 0 radical (unpaired) electrons. The summed E-state index contributed by atoms with van der Waals surface area (Å²) in [4.78, 5) is 12.8. The molecule has 4 aromatic rings. The van der Waals surface area contributed by atoms with Gasteiger partial charge < -0.3 is 4.98 Å². The largest absolute Gasteiger partial charge is 0.361 e. The number of halogens is 3. The maximum absolute atomic E-state index is 14.9. The van der Waals surface area contributed by atoms with E-state index in [2.05, 4.69) is 15.0 Å². The van der Waals surface area contributed by atoms with Crippen LogP contribution in [0.1, 0.15) is 50.5 Å². The van der Waals surface area contributed by atoms with Crippen molar-refractivity contribution < 1.29 is 13.2 Å². The molecule has 1 aromatic carbocycles. The van der Waals surface area contributed by atoms with Gasteiger partial charge in [-0.05, 0) is 70.2 Å². The first-order valence-electron chi connectivity index (χ1n) is 10.4. The Hall–Kier alpha value is -3.41. The van der Waals surface area contributed by atoms with Crippen molar-refractivity contribution in [3.8, 4) is 22.5 Å². The summed E-state index contributed by atoms with van der Waals surface area (Å²) in [5.74, 6) is -4.06. The first-order valence-corrected chi connectivity index (χ1v) is 10.4. The number of H-pyrrole nitrogens is 1. The molecule has 3 nitrogen and oxygen atoms in total. The number of nitrogens with zero attached hydrogens (tertiary/aromatic N) is 2. The van der Waals surface area contributed by atoms with E-state index in [0.29, 0.717) is 11.4 Å². The summed E-state index contributed by atoms with van der Waals surface area (Å²) >= 11 is 0. The van der Waals surface area contributed by atoms with Gasteiger partial charge >= 0.3 is 0 Å². The van der Waals surface area contributed by atoms with Crippen LogP contribution in [0.2, 0.25) is 0 Å². The Morgan fingerprint density at radius 2 is 1.06 bits per heavy atom. The molecular formula is C26H22F3N3. The summed E-state index contributed by atoms with van der Waals surface area (Å²) in [6, 6.07) is 15.7. The zero-order valence-corrected chi connectivity index (χ0v) is 18.2. The Morgan fingerprint density at radius 3 is 1.50 bits per heavy atom. The Bertz CT molecular complexity index is 1270. The molecule has 0 fully saturated rings. The third-order valence-electron chi connectivity index (χ3n) is 6.51. The molecule has 4 heterocycles. The van der Waals surface area contributed by atoms with Crippen molar-refractivity contribution in [3.63, 3.8) is 0 Å². The van der Waals surface area contributed by atoms with Crippen LogP contribution in [0.25, 0.3) is 22.5 Å². The zero-order valence-electron chi connectivity index (χ0n) is 18.2. The highest BCUT2D eigenvalue weighted by atomic mass is 19.2. The fourth-order valence-corrected chi connectivity index (χ4v) is 4.24. The quantitative estimate of drug-likeness (QED) is 0.321. The van der Waals surface area contributed by atoms with Gasteiger partial charge in [-0.2, -0.15) is 0 Å². The van der Waals surface area contributed by atoms with E-state index in [1.165, 1.54) is 6.07 Å². The maximum Gasteiger partial charge on any atom is 0.195 e. The first kappa shape index (κ1) is 20.5. The molecule has 0 saturated carbocycles. The summed E-state index contributed by atoms with van der Waals surface area (Å²) in [5.41, 5.74) is 2.40. The van der Waals surface area contributed by atoms with Gasteiger partial charge in [-0.15, -0.1) is 0 Å². The standard InChI is InChI=1S/C26H22F3N3/c1-25(2)18-9-5-7-16(30-18)14-13-15(23(28)24(29)22(14)27)17-8-6-10-19(31-17)26(3,4)21-12-11-20(25)32-21/h5-13,32H,1-4H3. The molecule has 5 rings (SSSR count). The third kappa shape index (κ3) is 2.89. The molecule has 0 saturated heterocycles. The van der Waals surface area contributed by atoms with Gasteiger partial charge in [0.25, 0.3) is 0 Å². The second kappa shape index (κ2) is 6.79. The third-order valence-corrected chi connectivity index (χ3v) is 6.51. The molecule has 0 atom stereocenters. The number of fused-ring (bicyclic) bond motifs is 10. The van der Waals surface area contributed by atoms with Crippen LogP contribution < -0.4 is 0 Å². The lowest BCUT2D eigenvalue weighted by atomic mass is 9.84. The van der Waals surface area contributed by atoms with Gasteiger partial charge in [-0.25, -0.2) is 13.2 Å². The predicted octanol–water partition coefficient (Wildman–Crippen LogP) is 6.52. The number of nitrogens with one attached hydrogen (secondary N) is 1. The minimum absolute atomic E-state index is 0.104. The van der Waals surface area contributed by atoms with Crippen molar-refractivity contribution in [2.75, 3.05) is 0 Å². The van der Waals surface area contributed by atoms with Crippen LogP contribution in [0.15, 0.2) is 54.6 Å². The van der Waals surface area contributed by atoms with Crippen LogP contribution in [0.3, 0.4) is 0 Å². The summed E-state index contributed by atoms with van der Waals surface area (Å²) in [7, 11) is 0. The van der Waals surface area contributed by atoms with Gasteiger partial charge in [0, 0.05) is 33.3 Å². The van der Waals surface area contributed by atoms with E-state index in [4.69, 9.17) is 0 Å². The maximum atomic E-state index is 14.9. The van der Waals surface area contributed by atoms with Crippen LogP contribution in [0.4, 0.5) is 13.2 Å². The number of hydrogen-bond acceptors (Lipinski definition) is 2. The lowest BCUT2D eigenvalue weighted by Gasteiger charge is -2.27. The van der Waals surface area contributed by atoms with Crippen molar-refractivity contribution in [1.82, 2.24) is 15.0 Å². The molecular weight excluding hydrogens is 411 g/mol. The lowest BCUT2D eigenvalue weighted by Crippen LogP contribution is -2.24. The topological polar surface area (TPSA) is 41.6 Å². The van der Waals surface area contributed by atoms with Crippen LogP contribution in [0.5, 0.6) is 0 Å². The highest BCUT2D eigenvalue weighted by molar-refractivity contribution is 5.71. The summed E-state index contributed by atoms with van der Waals surface area (Å²) in [6.07, 6.45) is 0. The minimum atomic E-state index is -1.53. The molecule has 162 valence electrons. The molecule has 0 spiro atoms. The van der Waals surface area contributed by atoms with Crippen molar-refractivity contribution in [3.05, 3.63) is 94.8 Å². The van der Waals surface area contributed by atoms with Crippen molar-refractivity contribution in [2.45, 2.75) is 38.5 Å². The number of aromatic nitrogens is 3. The predicted molar refractivity (Wildman–Crippen MR) is 118 cm³/mol. The van der Waals surface area contributed by atoms with E-state index in [0.717, 1.165) is 11.4 Å². The smallest absolute Gasteiger partial charge is 0.195 e. The SMILES string of the molecule is CC1(C)c2cccc(n2)-c2cc(c(F)c(F)c2F)-c2cccc(n2)C(C)(C)c2ccc1[nH]2. The molecule has 1 N–H and O–H groups in total. The summed E-state index contributed by atoms with van der Waals surface area (Å²) in [5, 5.41) is 0. The zero-order chi connectivity index (χ0) is 22.8. The molecule has 0 amide bonds. The van der Waals surface area contributed by atoms with Crippen LogP contribution in [-0.4, -0.2) is 15.0 Å². The van der Waals surface area contributed by atoms with E-state index < -0.39 is 28.3 Å². The first-order chi connectivity index (χ1) is 15.1. The highest BCUT2D eigenvalue weighted by Gasteiger charge is 2.32. The van der Waals surface area contributed by atoms with E-state index >= 15 is 0 Å². The second-order valence-corrected chi connectivity index (χ2v) is 9.27. The average molecular weight is 433 g/mol. The normalized spacial score (nSPS) is 15.8. The van der Waals surface area contributed by atoms with Gasteiger partial charge in [0.2, 0.25) is 0 Å². The Morgan fingerprint density at radius 1 is 0.625 bits per heavy atom. The average Bonchev–Trinajstić information content (AvgIpc) is 3.30. The van der Waals surface area contributed by atoms with Crippen molar-refractivity contribution in [2.24, 2.45) is 0 Å². The van der Waals surface area contributed by atoms with Crippen LogP contribution in [0, 0.1) is 17.5 Å². The Balaban J connectivity index is 1.91. The fraction of sp³-hybridized carbons (Fsp3) is 0.231. The molecule has 0 unspecified atom stereocenters. The number of benzene rings is 1. The highest BCUT2D eigenvalue weighted by Crippen LogP contribution is 2.38. The van der Waals surface area contributed by atoms with Gasteiger partial charge in [-0.1, -0.05) is 12.1 Å². The number of pyridine rings is 2.